The van der Waals surface area contributed by atoms with Crippen molar-refractivity contribution in [3.05, 3.63) is 36.0 Å². The van der Waals surface area contributed by atoms with E-state index in [-0.39, 0.29) is 51.0 Å². The minimum Gasteiger partial charge on any atom is -0.147 e. The van der Waals surface area contributed by atoms with E-state index in [0.717, 1.165) is 0 Å². The summed E-state index contributed by atoms with van der Waals surface area (Å²) in [6.45, 7) is 2.04. The number of hydrogen-bond acceptors (Lipinski definition) is 0. The molecule has 0 heterocycles. The fourth-order valence-electron chi connectivity index (χ4n) is 0.581. The molecule has 0 N–H and O–H groups in total. The summed E-state index contributed by atoms with van der Waals surface area (Å²) in [5.74, 6) is 0. The minimum absolute atomic E-state index is 0. The summed E-state index contributed by atoms with van der Waals surface area (Å²) in [6.07, 6.45) is 10.3. The molecule has 0 aromatic heterocycles. The van der Waals surface area contributed by atoms with Crippen molar-refractivity contribution in [2.45, 2.75) is 6.92 Å². The van der Waals surface area contributed by atoms with Gasteiger partial charge in [0.1, 0.15) is 0 Å². The molecular formula is C7H10Cl2Zr. The average molecular weight is 256 g/mol. The normalized spacial score (nSPS) is 11.1. The predicted molar refractivity (Wildman–Crippen MR) is 46.5 cm³/mol. The van der Waals surface area contributed by atoms with Crippen LogP contribution in [0.5, 0.6) is 0 Å². The Labute approximate surface area is 93.4 Å². The maximum absolute atomic E-state index is 2.08. The summed E-state index contributed by atoms with van der Waals surface area (Å²) in [5, 5.41) is 0. The topological polar surface area (TPSA) is 0 Å². The van der Waals surface area contributed by atoms with Gasteiger partial charge in [-0.2, -0.15) is 0 Å². The van der Waals surface area contributed by atoms with E-state index in [1.807, 2.05) is 19.1 Å². The van der Waals surface area contributed by atoms with Gasteiger partial charge in [-0.1, -0.05) is 30.4 Å². The summed E-state index contributed by atoms with van der Waals surface area (Å²) < 4.78 is 0. The van der Waals surface area contributed by atoms with Crippen LogP contribution in [0.2, 0.25) is 0 Å². The van der Waals surface area contributed by atoms with E-state index in [0.29, 0.717) is 0 Å². The number of allylic oxidation sites excluding steroid dienone is 6. The van der Waals surface area contributed by atoms with Gasteiger partial charge in [-0.15, -0.1) is 24.8 Å². The van der Waals surface area contributed by atoms with Crippen LogP contribution in [0.3, 0.4) is 0 Å². The molecule has 0 spiro atoms. The van der Waals surface area contributed by atoms with Crippen molar-refractivity contribution in [3.8, 4) is 0 Å². The van der Waals surface area contributed by atoms with Crippen LogP contribution in [-0.2, 0) is 26.2 Å². The Morgan fingerprint density at radius 1 is 1.10 bits per heavy atom. The summed E-state index contributed by atoms with van der Waals surface area (Å²) in [5.41, 5.74) is 1.31. The van der Waals surface area contributed by atoms with Gasteiger partial charge in [0.15, 0.2) is 0 Å². The van der Waals surface area contributed by atoms with Crippen LogP contribution in [0.15, 0.2) is 36.0 Å². The largest absolute Gasteiger partial charge is 0.147 e. The standard InChI is InChI=1S/C7H8.2ClH.Zr/c1-2-7-5-3-4-6-7;;;/h2-6H,1H3;2*1H;. The van der Waals surface area contributed by atoms with Crippen LogP contribution in [0.25, 0.3) is 0 Å². The number of halogens is 2. The molecule has 0 radical (unpaired) electrons. The molecule has 0 fully saturated rings. The molecule has 10 heavy (non-hydrogen) atoms. The first-order valence-corrected chi connectivity index (χ1v) is 2.44. The van der Waals surface area contributed by atoms with Crippen LogP contribution in [0, 0.1) is 0 Å². The van der Waals surface area contributed by atoms with Gasteiger partial charge in [0.05, 0.1) is 0 Å². The Morgan fingerprint density at radius 3 is 1.70 bits per heavy atom. The second-order valence-electron chi connectivity index (χ2n) is 1.51. The fourth-order valence-corrected chi connectivity index (χ4v) is 0.581. The average Bonchev–Trinajstić information content (AvgIpc) is 2.14. The molecular weight excluding hydrogens is 246 g/mol. The minimum atomic E-state index is 0. The molecule has 0 amide bonds. The van der Waals surface area contributed by atoms with Crippen LogP contribution >= 0.6 is 24.8 Å². The van der Waals surface area contributed by atoms with Gasteiger partial charge >= 0.3 is 0 Å². The van der Waals surface area contributed by atoms with E-state index < -0.39 is 0 Å². The molecule has 0 aliphatic heterocycles. The van der Waals surface area contributed by atoms with Crippen molar-refractivity contribution in [3.63, 3.8) is 0 Å². The molecule has 0 bridgehead atoms. The zero-order chi connectivity index (χ0) is 5.11. The summed E-state index contributed by atoms with van der Waals surface area (Å²) in [7, 11) is 0. The second kappa shape index (κ2) is 9.68. The van der Waals surface area contributed by atoms with E-state index in [1.165, 1.54) is 5.57 Å². The Balaban J connectivity index is -0.000000163. The quantitative estimate of drug-likeness (QED) is 0.625. The van der Waals surface area contributed by atoms with E-state index in [1.54, 1.807) is 0 Å². The molecule has 0 atom stereocenters. The smallest absolute Gasteiger partial charge is 0 e. The summed E-state index contributed by atoms with van der Waals surface area (Å²) in [6, 6.07) is 0. The van der Waals surface area contributed by atoms with Crippen molar-refractivity contribution < 1.29 is 26.2 Å². The Kier molecular flexibility index (Phi) is 16.4. The van der Waals surface area contributed by atoms with Crippen LogP contribution in [0.4, 0.5) is 0 Å². The monoisotopic (exact) mass is 254 g/mol. The first kappa shape index (κ1) is 17.0. The molecule has 1 aliphatic carbocycles. The first-order chi connectivity index (χ1) is 3.43. The molecule has 1 aliphatic rings. The van der Waals surface area contributed by atoms with Gasteiger partial charge in [0.25, 0.3) is 0 Å². The van der Waals surface area contributed by atoms with Gasteiger partial charge in [-0.05, 0) is 12.5 Å². The first-order valence-electron chi connectivity index (χ1n) is 2.44. The SMILES string of the molecule is CC=C1C=CC=C1.Cl.Cl.[Zr]. The van der Waals surface area contributed by atoms with Gasteiger partial charge in [-0.25, -0.2) is 0 Å². The predicted octanol–water partition coefficient (Wildman–Crippen LogP) is 2.90. The molecule has 0 nitrogen and oxygen atoms in total. The van der Waals surface area contributed by atoms with Crippen molar-refractivity contribution in [1.82, 2.24) is 0 Å². The summed E-state index contributed by atoms with van der Waals surface area (Å²) in [4.78, 5) is 0. The van der Waals surface area contributed by atoms with Crippen molar-refractivity contribution in [2.75, 3.05) is 0 Å². The van der Waals surface area contributed by atoms with Gasteiger partial charge in [-0.3, -0.25) is 0 Å². The number of rotatable bonds is 0. The third-order valence-corrected chi connectivity index (χ3v) is 1.02. The van der Waals surface area contributed by atoms with Gasteiger partial charge in [0.2, 0.25) is 0 Å². The number of hydrogen-bond donors (Lipinski definition) is 0. The third-order valence-electron chi connectivity index (χ3n) is 1.02. The Bertz CT molecular complexity index is 134. The summed E-state index contributed by atoms with van der Waals surface area (Å²) >= 11 is 0. The van der Waals surface area contributed by atoms with Crippen LogP contribution < -0.4 is 0 Å². The van der Waals surface area contributed by atoms with Crippen molar-refractivity contribution >= 4 is 24.8 Å². The zero-order valence-corrected chi connectivity index (χ0v) is 9.79. The van der Waals surface area contributed by atoms with E-state index >= 15 is 0 Å². The van der Waals surface area contributed by atoms with Crippen molar-refractivity contribution in [1.29, 1.82) is 0 Å². The molecule has 0 aromatic carbocycles. The maximum Gasteiger partial charge on any atom is 0 e. The molecule has 0 saturated carbocycles. The van der Waals surface area contributed by atoms with E-state index in [9.17, 15) is 0 Å². The molecule has 1 rings (SSSR count). The molecule has 3 heteroatoms. The van der Waals surface area contributed by atoms with Crippen molar-refractivity contribution in [2.24, 2.45) is 0 Å². The fraction of sp³-hybridized carbons (Fsp3) is 0.143. The Hall–Kier alpha value is 0.683. The zero-order valence-electron chi connectivity index (χ0n) is 5.70. The Morgan fingerprint density at radius 2 is 1.50 bits per heavy atom. The van der Waals surface area contributed by atoms with Crippen LogP contribution in [-0.4, -0.2) is 0 Å². The molecule has 0 aromatic rings. The molecule has 0 unspecified atom stereocenters. The van der Waals surface area contributed by atoms with Gasteiger partial charge < -0.3 is 0 Å². The van der Waals surface area contributed by atoms with E-state index in [4.69, 9.17) is 0 Å². The second-order valence-corrected chi connectivity index (χ2v) is 1.51. The third kappa shape index (κ3) is 5.47. The molecule has 56 valence electrons. The molecule has 0 saturated heterocycles. The van der Waals surface area contributed by atoms with E-state index in [2.05, 4.69) is 18.2 Å². The maximum atomic E-state index is 2.08. The van der Waals surface area contributed by atoms with Crippen LogP contribution in [0.1, 0.15) is 6.92 Å². The van der Waals surface area contributed by atoms with Gasteiger partial charge in [0, 0.05) is 26.2 Å².